The van der Waals surface area contributed by atoms with Gasteiger partial charge < -0.3 is 35.0 Å². The van der Waals surface area contributed by atoms with Gasteiger partial charge in [0.15, 0.2) is 5.82 Å². The molecule has 2 aromatic carbocycles. The van der Waals surface area contributed by atoms with Crippen molar-refractivity contribution in [2.45, 2.75) is 70.2 Å². The van der Waals surface area contributed by atoms with Crippen LogP contribution in [0.2, 0.25) is 0 Å². The van der Waals surface area contributed by atoms with E-state index in [2.05, 4.69) is 38.2 Å². The predicted octanol–water partition coefficient (Wildman–Crippen LogP) is 5.07. The molecule has 0 radical (unpaired) electrons. The van der Waals surface area contributed by atoms with E-state index in [0.717, 1.165) is 50.2 Å². The number of nitrogens with two attached hydrogens (primary N) is 1. The summed E-state index contributed by atoms with van der Waals surface area (Å²) in [6.07, 6.45) is 3.55. The van der Waals surface area contributed by atoms with Gasteiger partial charge in [-0.2, -0.15) is 0 Å². The first-order valence-corrected chi connectivity index (χ1v) is 14.8. The summed E-state index contributed by atoms with van der Waals surface area (Å²) in [5.41, 5.74) is 9.09. The van der Waals surface area contributed by atoms with Gasteiger partial charge in [0.05, 0.1) is 11.4 Å². The highest BCUT2D eigenvalue weighted by molar-refractivity contribution is 5.74. The highest BCUT2D eigenvalue weighted by Gasteiger charge is 2.41. The molecule has 0 saturated carbocycles. The Morgan fingerprint density at radius 1 is 0.952 bits per heavy atom. The summed E-state index contributed by atoms with van der Waals surface area (Å²) in [5, 5.41) is 18.8. The predicted molar refractivity (Wildman–Crippen MR) is 163 cm³/mol. The van der Waals surface area contributed by atoms with Crippen LogP contribution in [0.4, 0.5) is 22.0 Å². The van der Waals surface area contributed by atoms with Gasteiger partial charge in [-0.1, -0.05) is 18.2 Å². The Bertz CT molecular complexity index is 1420. The van der Waals surface area contributed by atoms with Crippen molar-refractivity contribution in [2.75, 3.05) is 41.7 Å². The van der Waals surface area contributed by atoms with Crippen molar-refractivity contribution in [2.24, 2.45) is 0 Å². The second kappa shape index (κ2) is 11.2. The van der Waals surface area contributed by atoms with Crippen LogP contribution in [-0.2, 0) is 4.74 Å². The van der Waals surface area contributed by atoms with Gasteiger partial charge in [0, 0.05) is 68.4 Å². The number of rotatable bonds is 5. The first-order valence-electron chi connectivity index (χ1n) is 14.8. The zero-order chi connectivity index (χ0) is 29.4. The molecule has 1 amide bonds. The number of carbonyl (C=O) groups is 1. The summed E-state index contributed by atoms with van der Waals surface area (Å²) in [6, 6.07) is 18.1. The van der Waals surface area contributed by atoms with Crippen molar-refractivity contribution in [3.05, 3.63) is 54.6 Å². The molecule has 10 nitrogen and oxygen atoms in total. The van der Waals surface area contributed by atoms with Crippen LogP contribution in [0.1, 0.15) is 46.5 Å². The fraction of sp³-hybridized carbons (Fsp3) is 0.469. The van der Waals surface area contributed by atoms with Gasteiger partial charge >= 0.3 is 6.09 Å². The van der Waals surface area contributed by atoms with Crippen molar-refractivity contribution >= 4 is 23.3 Å². The molecule has 0 unspecified atom stereocenters. The molecule has 3 N–H and O–H groups in total. The van der Waals surface area contributed by atoms with Crippen LogP contribution in [0, 0.1) is 0 Å². The molecule has 3 aromatic rings. The zero-order valence-electron chi connectivity index (χ0n) is 24.6. The lowest BCUT2D eigenvalue weighted by Crippen LogP contribution is -2.54. The van der Waals surface area contributed by atoms with E-state index < -0.39 is 5.60 Å². The van der Waals surface area contributed by atoms with Gasteiger partial charge in [0.1, 0.15) is 23.2 Å². The lowest BCUT2D eigenvalue weighted by molar-refractivity contribution is 0.0126. The molecule has 4 heterocycles. The van der Waals surface area contributed by atoms with Crippen LogP contribution >= 0.6 is 0 Å². The maximum atomic E-state index is 12.4. The van der Waals surface area contributed by atoms with Crippen LogP contribution in [0.25, 0.3) is 11.3 Å². The number of anilines is 3. The smallest absolute Gasteiger partial charge is 0.410 e. The number of carbonyl (C=O) groups excluding carboxylic acids is 1. The molecule has 10 heteroatoms. The third kappa shape index (κ3) is 5.89. The monoisotopic (exact) mass is 572 g/mol. The molecule has 2 atom stereocenters. The Hall–Kier alpha value is -4.21. The van der Waals surface area contributed by atoms with E-state index in [9.17, 15) is 9.90 Å². The number of piperazine rings is 1. The number of piperidine rings is 1. The van der Waals surface area contributed by atoms with Gasteiger partial charge in [-0.15, -0.1) is 10.2 Å². The molecule has 0 aliphatic carbocycles. The Kier molecular flexibility index (Phi) is 7.47. The quantitative estimate of drug-likeness (QED) is 0.432. The fourth-order valence-corrected chi connectivity index (χ4v) is 6.38. The molecule has 6 rings (SSSR count). The van der Waals surface area contributed by atoms with Crippen molar-refractivity contribution in [1.82, 2.24) is 15.1 Å². The Labute approximate surface area is 247 Å². The van der Waals surface area contributed by atoms with E-state index in [1.54, 1.807) is 17.0 Å². The Morgan fingerprint density at radius 3 is 2.36 bits per heavy atom. The number of hydrogen-bond acceptors (Lipinski definition) is 9. The van der Waals surface area contributed by atoms with E-state index in [4.69, 9.17) is 15.2 Å². The van der Waals surface area contributed by atoms with Crippen LogP contribution in [0.3, 0.4) is 0 Å². The molecular formula is C32H40N6O4. The molecule has 3 aliphatic rings. The van der Waals surface area contributed by atoms with Crippen molar-refractivity contribution < 1.29 is 19.4 Å². The van der Waals surface area contributed by atoms with Gasteiger partial charge in [0.25, 0.3) is 0 Å². The number of para-hydroxylation sites is 1. The van der Waals surface area contributed by atoms with E-state index in [1.807, 2.05) is 45.0 Å². The third-order valence-electron chi connectivity index (χ3n) is 8.32. The maximum absolute atomic E-state index is 12.4. The van der Waals surface area contributed by atoms with Crippen LogP contribution in [0.5, 0.6) is 11.5 Å². The molecule has 2 bridgehead atoms. The molecule has 3 saturated heterocycles. The van der Waals surface area contributed by atoms with E-state index in [-0.39, 0.29) is 17.9 Å². The standard InChI is InChI=1S/C32H40N6O4/c1-32(2,3)42-31(40)36-15-13-24(14-16-36)41-25-8-6-7-21(17-25)38-22-11-12-23(38)20-37(19-22)28-18-27(34-35-30(28)33)26-9-4-5-10-29(26)39/h4-10,17-18,22-24,39H,11-16,19-20H2,1-3H3,(H2,33,35)/t22-,23+. The van der Waals surface area contributed by atoms with Crippen molar-refractivity contribution in [3.63, 3.8) is 0 Å². The van der Waals surface area contributed by atoms with Gasteiger partial charge in [-0.05, 0) is 63.9 Å². The Balaban J connectivity index is 1.11. The number of fused-ring (bicyclic) bond motifs is 2. The van der Waals surface area contributed by atoms with E-state index in [1.165, 1.54) is 5.69 Å². The highest BCUT2D eigenvalue weighted by atomic mass is 16.6. The largest absolute Gasteiger partial charge is 0.507 e. The lowest BCUT2D eigenvalue weighted by Gasteiger charge is -2.43. The normalized spacial score (nSPS) is 21.0. The third-order valence-corrected chi connectivity index (χ3v) is 8.32. The Morgan fingerprint density at radius 2 is 1.67 bits per heavy atom. The van der Waals surface area contributed by atoms with Crippen molar-refractivity contribution in [3.8, 4) is 22.8 Å². The number of benzene rings is 2. The minimum Gasteiger partial charge on any atom is -0.507 e. The summed E-state index contributed by atoms with van der Waals surface area (Å²) in [4.78, 5) is 19.0. The summed E-state index contributed by atoms with van der Waals surface area (Å²) in [5.74, 6) is 1.43. The number of phenols is 1. The van der Waals surface area contributed by atoms with Crippen LogP contribution in [-0.4, -0.2) is 76.3 Å². The zero-order valence-corrected chi connectivity index (χ0v) is 24.6. The lowest BCUT2D eigenvalue weighted by atomic mass is 10.1. The second-order valence-electron chi connectivity index (χ2n) is 12.5. The summed E-state index contributed by atoms with van der Waals surface area (Å²) in [7, 11) is 0. The van der Waals surface area contributed by atoms with Crippen molar-refractivity contribution in [1.29, 1.82) is 0 Å². The maximum Gasteiger partial charge on any atom is 0.410 e. The van der Waals surface area contributed by atoms with Gasteiger partial charge in [-0.3, -0.25) is 0 Å². The first-order chi connectivity index (χ1) is 20.1. The van der Waals surface area contributed by atoms with E-state index >= 15 is 0 Å². The summed E-state index contributed by atoms with van der Waals surface area (Å²) < 4.78 is 11.9. The number of ether oxygens (including phenoxy) is 2. The minimum atomic E-state index is -0.493. The molecule has 3 aliphatic heterocycles. The average Bonchev–Trinajstić information content (AvgIpc) is 3.22. The molecule has 3 fully saturated rings. The first kappa shape index (κ1) is 27.9. The number of aromatic hydroxyl groups is 1. The van der Waals surface area contributed by atoms with Crippen LogP contribution < -0.4 is 20.3 Å². The molecule has 1 aromatic heterocycles. The van der Waals surface area contributed by atoms with E-state index in [0.29, 0.717) is 42.2 Å². The number of phenolic OH excluding ortho intramolecular Hbond substituents is 1. The fourth-order valence-electron chi connectivity index (χ4n) is 6.38. The highest BCUT2D eigenvalue weighted by Crippen LogP contribution is 2.40. The molecule has 222 valence electrons. The van der Waals surface area contributed by atoms with Gasteiger partial charge in [-0.25, -0.2) is 4.79 Å². The number of aromatic nitrogens is 2. The summed E-state index contributed by atoms with van der Waals surface area (Å²) >= 11 is 0. The number of nitrogen functional groups attached to an aromatic ring is 1. The number of nitrogens with zero attached hydrogens (tertiary/aromatic N) is 5. The topological polar surface area (TPSA) is 117 Å². The molecule has 0 spiro atoms. The number of amides is 1. The minimum absolute atomic E-state index is 0.0629. The van der Waals surface area contributed by atoms with Crippen LogP contribution in [0.15, 0.2) is 54.6 Å². The average molecular weight is 573 g/mol. The number of likely N-dealkylation sites (tertiary alicyclic amines) is 1. The second-order valence-corrected chi connectivity index (χ2v) is 12.5. The summed E-state index contributed by atoms with van der Waals surface area (Å²) in [6.45, 7) is 8.56. The van der Waals surface area contributed by atoms with Gasteiger partial charge in [0.2, 0.25) is 0 Å². The SMILES string of the molecule is CC(C)(C)OC(=O)N1CCC(Oc2cccc(N3[C@@H]4CC[C@H]3CN(c3cc(-c5ccccc5O)nnc3N)C4)c2)CC1. The molecular weight excluding hydrogens is 532 g/mol. The molecule has 42 heavy (non-hydrogen) atoms. The number of hydrogen-bond donors (Lipinski definition) is 2.